The molecule has 0 radical (unpaired) electrons. The zero-order valence-corrected chi connectivity index (χ0v) is 18.7. The molecule has 0 aliphatic rings. The third-order valence-corrected chi connectivity index (χ3v) is 5.65. The molecule has 6 heteroatoms. The van der Waals surface area contributed by atoms with Gasteiger partial charge >= 0.3 is 0 Å². The first-order valence-electron chi connectivity index (χ1n) is 10.5. The summed E-state index contributed by atoms with van der Waals surface area (Å²) >= 11 is 6.15. The SMILES string of the molecule is CCCCN(C(=O)CC)C(C)c1nc2ccccc2c(=O)n1-c1ccc(Cl)cc1C. The van der Waals surface area contributed by atoms with Crippen LogP contribution in [0.5, 0.6) is 0 Å². The number of unbranched alkanes of at least 4 members (excludes halogenated alkanes) is 1. The van der Waals surface area contributed by atoms with Gasteiger partial charge in [-0.1, -0.05) is 44.0 Å². The van der Waals surface area contributed by atoms with Gasteiger partial charge in [-0.25, -0.2) is 4.98 Å². The fourth-order valence-corrected chi connectivity index (χ4v) is 3.96. The molecule has 3 aromatic rings. The number of hydrogen-bond acceptors (Lipinski definition) is 3. The molecular weight excluding hydrogens is 398 g/mol. The van der Waals surface area contributed by atoms with Gasteiger partial charge in [-0.3, -0.25) is 14.2 Å². The summed E-state index contributed by atoms with van der Waals surface area (Å²) in [7, 11) is 0. The number of amides is 1. The average Bonchev–Trinajstić information content (AvgIpc) is 2.74. The highest BCUT2D eigenvalue weighted by Crippen LogP contribution is 2.26. The molecule has 5 nitrogen and oxygen atoms in total. The molecule has 1 amide bonds. The number of nitrogens with zero attached hydrogens (tertiary/aromatic N) is 3. The number of para-hydroxylation sites is 1. The van der Waals surface area contributed by atoms with Crippen LogP contribution in [-0.2, 0) is 4.79 Å². The minimum Gasteiger partial charge on any atom is -0.333 e. The second-order valence-corrected chi connectivity index (χ2v) is 7.97. The molecule has 0 aliphatic heterocycles. The minimum absolute atomic E-state index is 0.0535. The summed E-state index contributed by atoms with van der Waals surface area (Å²) < 4.78 is 1.64. The third-order valence-electron chi connectivity index (χ3n) is 5.42. The van der Waals surface area contributed by atoms with E-state index in [1.165, 1.54) is 0 Å². The molecule has 0 fully saturated rings. The molecular formula is C24H28ClN3O2. The van der Waals surface area contributed by atoms with Gasteiger partial charge in [0.2, 0.25) is 5.91 Å². The van der Waals surface area contributed by atoms with Gasteiger partial charge in [-0.15, -0.1) is 0 Å². The monoisotopic (exact) mass is 425 g/mol. The predicted molar refractivity (Wildman–Crippen MR) is 122 cm³/mol. The highest BCUT2D eigenvalue weighted by Gasteiger charge is 2.26. The topological polar surface area (TPSA) is 55.2 Å². The van der Waals surface area contributed by atoms with Gasteiger partial charge in [-0.2, -0.15) is 0 Å². The van der Waals surface area contributed by atoms with Crippen molar-refractivity contribution in [3.8, 4) is 5.69 Å². The predicted octanol–water partition coefficient (Wildman–Crippen LogP) is 5.45. The summed E-state index contributed by atoms with van der Waals surface area (Å²) in [6.45, 7) is 8.45. The van der Waals surface area contributed by atoms with E-state index in [1.807, 2.05) is 56.0 Å². The first-order chi connectivity index (χ1) is 14.4. The lowest BCUT2D eigenvalue weighted by molar-refractivity contribution is -0.133. The van der Waals surface area contributed by atoms with Crippen molar-refractivity contribution in [3.05, 3.63) is 69.2 Å². The Morgan fingerprint density at radius 3 is 2.60 bits per heavy atom. The minimum atomic E-state index is -0.351. The summed E-state index contributed by atoms with van der Waals surface area (Å²) in [5.41, 5.74) is 2.08. The second-order valence-electron chi connectivity index (χ2n) is 7.53. The van der Waals surface area contributed by atoms with Gasteiger partial charge < -0.3 is 4.90 Å². The van der Waals surface area contributed by atoms with Crippen LogP contribution in [0.15, 0.2) is 47.3 Å². The molecule has 1 aromatic heterocycles. The lowest BCUT2D eigenvalue weighted by Crippen LogP contribution is -2.37. The molecule has 0 saturated carbocycles. The highest BCUT2D eigenvalue weighted by molar-refractivity contribution is 6.30. The van der Waals surface area contributed by atoms with Crippen molar-refractivity contribution in [2.75, 3.05) is 6.54 Å². The van der Waals surface area contributed by atoms with E-state index in [-0.39, 0.29) is 17.5 Å². The maximum atomic E-state index is 13.6. The molecule has 158 valence electrons. The molecule has 2 aromatic carbocycles. The molecule has 0 saturated heterocycles. The maximum absolute atomic E-state index is 13.6. The van der Waals surface area contributed by atoms with Gasteiger partial charge in [0.05, 0.1) is 22.6 Å². The summed E-state index contributed by atoms with van der Waals surface area (Å²) in [5, 5.41) is 1.16. The van der Waals surface area contributed by atoms with Gasteiger partial charge in [0, 0.05) is 18.0 Å². The first-order valence-corrected chi connectivity index (χ1v) is 10.8. The fraction of sp³-hybridized carbons (Fsp3) is 0.375. The second kappa shape index (κ2) is 9.43. The number of benzene rings is 2. The van der Waals surface area contributed by atoms with Crippen LogP contribution < -0.4 is 5.56 Å². The number of carbonyl (C=O) groups is 1. The molecule has 1 heterocycles. The third kappa shape index (κ3) is 4.26. The molecule has 3 rings (SSSR count). The van der Waals surface area contributed by atoms with Crippen molar-refractivity contribution in [1.82, 2.24) is 14.5 Å². The Morgan fingerprint density at radius 1 is 1.20 bits per heavy atom. The standard InChI is InChI=1S/C24H28ClN3O2/c1-5-7-14-27(22(29)6-2)17(4)23-26-20-11-9-8-10-19(20)24(30)28(23)21-13-12-18(25)15-16(21)3/h8-13,15,17H,5-7,14H2,1-4H3. The first kappa shape index (κ1) is 22.0. The van der Waals surface area contributed by atoms with Gasteiger partial charge in [0.15, 0.2) is 0 Å². The van der Waals surface area contributed by atoms with Crippen LogP contribution in [0, 0.1) is 6.92 Å². The van der Waals surface area contributed by atoms with Gasteiger partial charge in [0.25, 0.3) is 5.56 Å². The van der Waals surface area contributed by atoms with E-state index in [0.29, 0.717) is 34.7 Å². The van der Waals surface area contributed by atoms with Crippen LogP contribution in [-0.4, -0.2) is 26.9 Å². The normalized spacial score (nSPS) is 12.2. The van der Waals surface area contributed by atoms with Crippen LogP contribution in [0.3, 0.4) is 0 Å². The zero-order chi connectivity index (χ0) is 21.8. The average molecular weight is 426 g/mol. The number of halogens is 1. The van der Waals surface area contributed by atoms with Crippen LogP contribution >= 0.6 is 11.6 Å². The van der Waals surface area contributed by atoms with E-state index >= 15 is 0 Å². The molecule has 30 heavy (non-hydrogen) atoms. The largest absolute Gasteiger partial charge is 0.333 e. The Morgan fingerprint density at radius 2 is 1.93 bits per heavy atom. The van der Waals surface area contributed by atoms with Crippen molar-refractivity contribution < 1.29 is 4.79 Å². The van der Waals surface area contributed by atoms with Crippen LogP contribution in [0.1, 0.15) is 57.5 Å². The van der Waals surface area contributed by atoms with Crippen LogP contribution in [0.25, 0.3) is 16.6 Å². The molecule has 0 bridgehead atoms. The van der Waals surface area contributed by atoms with Crippen molar-refractivity contribution in [2.45, 2.75) is 53.0 Å². The summed E-state index contributed by atoms with van der Waals surface area (Å²) in [5.74, 6) is 0.611. The fourth-order valence-electron chi connectivity index (χ4n) is 3.74. The Hall–Kier alpha value is -2.66. The zero-order valence-electron chi connectivity index (χ0n) is 18.0. The molecule has 1 atom stereocenters. The van der Waals surface area contributed by atoms with Crippen molar-refractivity contribution in [2.24, 2.45) is 0 Å². The smallest absolute Gasteiger partial charge is 0.266 e. The van der Waals surface area contributed by atoms with Crippen molar-refractivity contribution >= 4 is 28.4 Å². The highest BCUT2D eigenvalue weighted by atomic mass is 35.5. The number of aryl methyl sites for hydroxylation is 1. The Balaban J connectivity index is 2.29. The van der Waals surface area contributed by atoms with E-state index in [4.69, 9.17) is 16.6 Å². The number of fused-ring (bicyclic) bond motifs is 1. The van der Waals surface area contributed by atoms with Crippen LogP contribution in [0.4, 0.5) is 0 Å². The quantitative estimate of drug-likeness (QED) is 0.506. The Kier molecular flexibility index (Phi) is 6.93. The van der Waals surface area contributed by atoms with Gasteiger partial charge in [0.1, 0.15) is 5.82 Å². The van der Waals surface area contributed by atoms with Crippen molar-refractivity contribution in [3.63, 3.8) is 0 Å². The number of carbonyl (C=O) groups excluding carboxylic acids is 1. The molecule has 0 spiro atoms. The van der Waals surface area contributed by atoms with Crippen molar-refractivity contribution in [1.29, 1.82) is 0 Å². The maximum Gasteiger partial charge on any atom is 0.266 e. The molecule has 1 unspecified atom stereocenters. The van der Waals surface area contributed by atoms with E-state index in [2.05, 4.69) is 6.92 Å². The van der Waals surface area contributed by atoms with Crippen LogP contribution in [0.2, 0.25) is 5.02 Å². The Labute approximate surface area is 182 Å². The summed E-state index contributed by atoms with van der Waals surface area (Å²) in [6, 6.07) is 12.4. The number of rotatable bonds is 7. The molecule has 0 N–H and O–H groups in total. The summed E-state index contributed by atoms with van der Waals surface area (Å²) in [4.78, 5) is 33.0. The van der Waals surface area contributed by atoms with E-state index in [1.54, 1.807) is 16.7 Å². The van der Waals surface area contributed by atoms with E-state index in [0.717, 1.165) is 24.1 Å². The number of hydrogen-bond donors (Lipinski definition) is 0. The number of aromatic nitrogens is 2. The van der Waals surface area contributed by atoms with E-state index < -0.39 is 0 Å². The lowest BCUT2D eigenvalue weighted by Gasteiger charge is -2.30. The molecule has 0 aliphatic carbocycles. The van der Waals surface area contributed by atoms with E-state index in [9.17, 15) is 9.59 Å². The lowest BCUT2D eigenvalue weighted by atomic mass is 10.1. The van der Waals surface area contributed by atoms with Gasteiger partial charge in [-0.05, 0) is 56.2 Å². The summed E-state index contributed by atoms with van der Waals surface area (Å²) in [6.07, 6.45) is 2.29. The Bertz CT molecular complexity index is 1120.